The van der Waals surface area contributed by atoms with Crippen LogP contribution in [0, 0.1) is 18.8 Å². The SMILES string of the molecule is CCn1nc(C)c(Cl)c1CN1CC2CCCC2C1C(=O)O. The van der Waals surface area contributed by atoms with Crippen LogP contribution >= 0.6 is 11.6 Å². The lowest BCUT2D eigenvalue weighted by Crippen LogP contribution is -2.39. The Morgan fingerprint density at radius 1 is 1.48 bits per heavy atom. The summed E-state index contributed by atoms with van der Waals surface area (Å²) >= 11 is 6.36. The summed E-state index contributed by atoms with van der Waals surface area (Å²) in [5.41, 5.74) is 1.77. The van der Waals surface area contributed by atoms with Crippen LogP contribution < -0.4 is 0 Å². The van der Waals surface area contributed by atoms with Crippen LogP contribution in [-0.2, 0) is 17.9 Å². The number of rotatable bonds is 4. The molecule has 1 aliphatic heterocycles. The standard InChI is InChI=1S/C15H22ClN3O2/c1-3-19-12(13(16)9(2)17-19)8-18-7-10-5-4-6-11(10)14(18)15(20)21/h10-11,14H,3-8H2,1-2H3,(H,20,21). The molecule has 3 atom stereocenters. The van der Waals surface area contributed by atoms with Gasteiger partial charge in [0.25, 0.3) is 0 Å². The van der Waals surface area contributed by atoms with Gasteiger partial charge < -0.3 is 5.11 Å². The van der Waals surface area contributed by atoms with Gasteiger partial charge in [0.15, 0.2) is 0 Å². The number of likely N-dealkylation sites (tertiary alicyclic amines) is 1. The molecule has 2 aliphatic rings. The number of halogens is 1. The number of hydrogen-bond donors (Lipinski definition) is 1. The minimum Gasteiger partial charge on any atom is -0.480 e. The van der Waals surface area contributed by atoms with Crippen molar-refractivity contribution < 1.29 is 9.90 Å². The van der Waals surface area contributed by atoms with E-state index in [1.807, 2.05) is 18.5 Å². The molecule has 0 radical (unpaired) electrons. The summed E-state index contributed by atoms with van der Waals surface area (Å²) in [5, 5.41) is 14.7. The first-order valence-electron chi connectivity index (χ1n) is 7.71. The zero-order valence-electron chi connectivity index (χ0n) is 12.5. The molecule has 0 bridgehead atoms. The Morgan fingerprint density at radius 3 is 2.90 bits per heavy atom. The van der Waals surface area contributed by atoms with Gasteiger partial charge in [0.2, 0.25) is 0 Å². The van der Waals surface area contributed by atoms with Crippen LogP contribution in [0.5, 0.6) is 0 Å². The quantitative estimate of drug-likeness (QED) is 0.928. The van der Waals surface area contributed by atoms with E-state index in [-0.39, 0.29) is 6.04 Å². The molecule has 1 saturated heterocycles. The highest BCUT2D eigenvalue weighted by Crippen LogP contribution is 2.43. The average molecular weight is 312 g/mol. The van der Waals surface area contributed by atoms with E-state index in [0.717, 1.165) is 37.3 Å². The number of fused-ring (bicyclic) bond motifs is 1. The van der Waals surface area contributed by atoms with E-state index in [0.29, 0.717) is 23.4 Å². The van der Waals surface area contributed by atoms with Crippen molar-refractivity contribution >= 4 is 17.6 Å². The number of aliphatic carboxylic acids is 1. The van der Waals surface area contributed by atoms with Gasteiger partial charge in [-0.3, -0.25) is 14.4 Å². The normalized spacial score (nSPS) is 29.0. The van der Waals surface area contributed by atoms with Gasteiger partial charge in [-0.1, -0.05) is 18.0 Å². The lowest BCUT2D eigenvalue weighted by molar-refractivity contribution is -0.143. The molecule has 1 N–H and O–H groups in total. The fraction of sp³-hybridized carbons (Fsp3) is 0.733. The van der Waals surface area contributed by atoms with Crippen molar-refractivity contribution in [1.29, 1.82) is 0 Å². The van der Waals surface area contributed by atoms with Crippen molar-refractivity contribution in [2.45, 2.75) is 52.2 Å². The maximum atomic E-state index is 11.7. The lowest BCUT2D eigenvalue weighted by atomic mass is 9.94. The molecule has 6 heteroatoms. The molecule has 116 valence electrons. The van der Waals surface area contributed by atoms with Gasteiger partial charge in [-0.25, -0.2) is 0 Å². The van der Waals surface area contributed by atoms with Gasteiger partial charge in [-0.15, -0.1) is 0 Å². The topological polar surface area (TPSA) is 58.4 Å². The van der Waals surface area contributed by atoms with Crippen LogP contribution in [0.3, 0.4) is 0 Å². The van der Waals surface area contributed by atoms with Crippen LogP contribution in [0.25, 0.3) is 0 Å². The summed E-state index contributed by atoms with van der Waals surface area (Å²) in [5.74, 6) is 0.143. The Morgan fingerprint density at radius 2 is 2.24 bits per heavy atom. The summed E-state index contributed by atoms with van der Waals surface area (Å²) < 4.78 is 1.89. The fourth-order valence-corrected chi connectivity index (χ4v) is 4.30. The molecular formula is C15H22ClN3O2. The molecule has 0 spiro atoms. The molecule has 21 heavy (non-hydrogen) atoms. The monoisotopic (exact) mass is 311 g/mol. The zero-order chi connectivity index (χ0) is 15.1. The Bertz CT molecular complexity index is 557. The number of nitrogens with zero attached hydrogens (tertiary/aromatic N) is 3. The molecule has 1 aromatic rings. The third-order valence-corrected chi connectivity index (χ3v) is 5.54. The predicted octanol–water partition coefficient (Wildman–Crippen LogP) is 2.55. The first kappa shape index (κ1) is 14.9. The molecule has 3 unspecified atom stereocenters. The Balaban J connectivity index is 1.86. The average Bonchev–Trinajstić information content (AvgIpc) is 3.07. The fourth-order valence-electron chi connectivity index (χ4n) is 4.11. The van der Waals surface area contributed by atoms with Crippen LogP contribution in [0.2, 0.25) is 5.02 Å². The van der Waals surface area contributed by atoms with E-state index in [1.165, 1.54) is 6.42 Å². The third-order valence-electron chi connectivity index (χ3n) is 5.04. The van der Waals surface area contributed by atoms with Gasteiger partial charge >= 0.3 is 5.97 Å². The summed E-state index contributed by atoms with van der Waals surface area (Å²) in [7, 11) is 0. The van der Waals surface area contributed by atoms with Crippen LogP contribution in [0.15, 0.2) is 0 Å². The number of carbonyl (C=O) groups is 1. The van der Waals surface area contributed by atoms with Gasteiger partial charge in [0.1, 0.15) is 6.04 Å². The number of aryl methyl sites for hydroxylation is 2. The van der Waals surface area contributed by atoms with E-state index in [9.17, 15) is 9.90 Å². The molecule has 1 saturated carbocycles. The second kappa shape index (κ2) is 5.61. The van der Waals surface area contributed by atoms with E-state index in [1.54, 1.807) is 0 Å². The number of aromatic nitrogens is 2. The van der Waals surface area contributed by atoms with Gasteiger partial charge in [-0.2, -0.15) is 5.10 Å². The maximum absolute atomic E-state index is 11.7. The molecule has 5 nitrogen and oxygen atoms in total. The summed E-state index contributed by atoms with van der Waals surface area (Å²) in [4.78, 5) is 13.8. The highest BCUT2D eigenvalue weighted by Gasteiger charge is 2.47. The zero-order valence-corrected chi connectivity index (χ0v) is 13.3. The highest BCUT2D eigenvalue weighted by atomic mass is 35.5. The molecule has 3 rings (SSSR count). The Labute approximate surface area is 129 Å². The second-order valence-corrected chi connectivity index (χ2v) is 6.61. The molecular weight excluding hydrogens is 290 g/mol. The van der Waals surface area contributed by atoms with E-state index < -0.39 is 5.97 Å². The molecule has 2 fully saturated rings. The number of carboxylic acids is 1. The molecule has 0 aromatic carbocycles. The van der Waals surface area contributed by atoms with E-state index in [4.69, 9.17) is 11.6 Å². The first-order valence-corrected chi connectivity index (χ1v) is 8.09. The van der Waals surface area contributed by atoms with Crippen LogP contribution in [0.4, 0.5) is 0 Å². The van der Waals surface area contributed by atoms with Crippen molar-refractivity contribution in [3.05, 3.63) is 16.4 Å². The van der Waals surface area contributed by atoms with E-state index >= 15 is 0 Å². The Kier molecular flexibility index (Phi) is 3.97. The van der Waals surface area contributed by atoms with Gasteiger partial charge in [0, 0.05) is 19.6 Å². The highest BCUT2D eigenvalue weighted by molar-refractivity contribution is 6.31. The minimum absolute atomic E-state index is 0.306. The van der Waals surface area contributed by atoms with Crippen molar-refractivity contribution in [2.24, 2.45) is 11.8 Å². The molecule has 1 aromatic heterocycles. The first-order chi connectivity index (χ1) is 10.0. The van der Waals surface area contributed by atoms with Crippen molar-refractivity contribution in [1.82, 2.24) is 14.7 Å². The van der Waals surface area contributed by atoms with Crippen molar-refractivity contribution in [3.63, 3.8) is 0 Å². The minimum atomic E-state index is -0.695. The largest absolute Gasteiger partial charge is 0.480 e. The van der Waals surface area contributed by atoms with Crippen LogP contribution in [-0.4, -0.2) is 38.3 Å². The summed E-state index contributed by atoms with van der Waals surface area (Å²) in [6.45, 7) is 6.12. The maximum Gasteiger partial charge on any atom is 0.321 e. The molecule has 1 aliphatic carbocycles. The molecule has 2 heterocycles. The van der Waals surface area contributed by atoms with Gasteiger partial charge in [-0.05, 0) is 38.5 Å². The Hall–Kier alpha value is -1.07. The summed E-state index contributed by atoms with van der Waals surface area (Å²) in [6, 6.07) is -0.367. The number of carboxylic acid groups (broad SMARTS) is 1. The predicted molar refractivity (Wildman–Crippen MR) is 80.3 cm³/mol. The second-order valence-electron chi connectivity index (χ2n) is 6.23. The molecule has 0 amide bonds. The van der Waals surface area contributed by atoms with Crippen molar-refractivity contribution in [2.75, 3.05) is 6.54 Å². The van der Waals surface area contributed by atoms with Crippen molar-refractivity contribution in [3.8, 4) is 0 Å². The van der Waals surface area contributed by atoms with Crippen LogP contribution in [0.1, 0.15) is 37.6 Å². The summed E-state index contributed by atoms with van der Waals surface area (Å²) in [6.07, 6.45) is 3.36. The number of hydrogen-bond acceptors (Lipinski definition) is 3. The van der Waals surface area contributed by atoms with Gasteiger partial charge in [0.05, 0.1) is 16.4 Å². The lowest BCUT2D eigenvalue weighted by Gasteiger charge is -2.24. The smallest absolute Gasteiger partial charge is 0.321 e. The van der Waals surface area contributed by atoms with E-state index in [2.05, 4.69) is 10.00 Å². The third kappa shape index (κ3) is 2.46.